The molecule has 0 radical (unpaired) electrons. The van der Waals surface area contributed by atoms with Crippen molar-refractivity contribution in [3.63, 3.8) is 0 Å². The van der Waals surface area contributed by atoms with E-state index in [9.17, 15) is 4.79 Å². The quantitative estimate of drug-likeness (QED) is 0.668. The van der Waals surface area contributed by atoms with E-state index in [-0.39, 0.29) is 12.2 Å². The first kappa shape index (κ1) is 10.7. The maximum Gasteiger partial charge on any atom is 0.135 e. The van der Waals surface area contributed by atoms with Gasteiger partial charge >= 0.3 is 0 Å². The van der Waals surface area contributed by atoms with Crippen LogP contribution in [0.1, 0.15) is 32.6 Å². The molecule has 1 saturated carbocycles. The van der Waals surface area contributed by atoms with E-state index >= 15 is 0 Å². The van der Waals surface area contributed by atoms with Gasteiger partial charge in [-0.2, -0.15) is 0 Å². The van der Waals surface area contributed by atoms with Gasteiger partial charge in [-0.15, -0.1) is 0 Å². The lowest BCUT2D eigenvalue weighted by molar-refractivity contribution is -0.127. The molecular weight excluding hydrogens is 168 g/mol. The average molecular weight is 186 g/mol. The van der Waals surface area contributed by atoms with Crippen molar-refractivity contribution in [1.82, 2.24) is 0 Å². The van der Waals surface area contributed by atoms with Gasteiger partial charge in [0, 0.05) is 20.0 Å². The smallest absolute Gasteiger partial charge is 0.135 e. The van der Waals surface area contributed by atoms with Crippen LogP contribution in [-0.4, -0.2) is 31.7 Å². The molecule has 0 aromatic heterocycles. The molecule has 0 aromatic carbocycles. The number of ketones is 1. The fourth-order valence-electron chi connectivity index (χ4n) is 1.70. The highest BCUT2D eigenvalue weighted by molar-refractivity contribution is 5.79. The van der Waals surface area contributed by atoms with E-state index in [1.54, 1.807) is 7.11 Å². The third-order valence-electron chi connectivity index (χ3n) is 2.26. The largest absolute Gasteiger partial charge is 0.382 e. The molecule has 0 saturated heterocycles. The SMILES string of the molecule is COCC(C)OC1CCCC(=O)C1. The van der Waals surface area contributed by atoms with Crippen molar-refractivity contribution in [1.29, 1.82) is 0 Å². The summed E-state index contributed by atoms with van der Waals surface area (Å²) in [6.45, 7) is 2.58. The number of carbonyl (C=O) groups is 1. The molecule has 0 spiro atoms. The summed E-state index contributed by atoms with van der Waals surface area (Å²) in [6, 6.07) is 0. The molecule has 0 aliphatic heterocycles. The van der Waals surface area contributed by atoms with Crippen molar-refractivity contribution in [3.8, 4) is 0 Å². The van der Waals surface area contributed by atoms with Crippen LogP contribution in [0, 0.1) is 0 Å². The lowest BCUT2D eigenvalue weighted by atomic mass is 9.96. The van der Waals surface area contributed by atoms with E-state index in [2.05, 4.69) is 0 Å². The normalized spacial score (nSPS) is 26.0. The number of methoxy groups -OCH3 is 1. The summed E-state index contributed by atoms with van der Waals surface area (Å²) >= 11 is 0. The molecule has 1 rings (SSSR count). The molecule has 13 heavy (non-hydrogen) atoms. The van der Waals surface area contributed by atoms with Crippen LogP contribution in [-0.2, 0) is 14.3 Å². The van der Waals surface area contributed by atoms with Crippen LogP contribution in [0.25, 0.3) is 0 Å². The topological polar surface area (TPSA) is 35.5 Å². The van der Waals surface area contributed by atoms with Gasteiger partial charge in [0.05, 0.1) is 18.8 Å². The molecule has 0 bridgehead atoms. The summed E-state index contributed by atoms with van der Waals surface area (Å²) in [6.07, 6.45) is 3.54. The summed E-state index contributed by atoms with van der Waals surface area (Å²) < 4.78 is 10.6. The number of rotatable bonds is 4. The summed E-state index contributed by atoms with van der Waals surface area (Å²) in [4.78, 5) is 11.1. The van der Waals surface area contributed by atoms with Crippen molar-refractivity contribution in [2.45, 2.75) is 44.8 Å². The molecule has 3 heteroatoms. The monoisotopic (exact) mass is 186 g/mol. The van der Waals surface area contributed by atoms with Crippen molar-refractivity contribution in [2.75, 3.05) is 13.7 Å². The maximum absolute atomic E-state index is 11.1. The lowest BCUT2D eigenvalue weighted by Gasteiger charge is -2.24. The van der Waals surface area contributed by atoms with Crippen LogP contribution in [0.4, 0.5) is 0 Å². The van der Waals surface area contributed by atoms with Gasteiger partial charge in [0.15, 0.2) is 0 Å². The fraction of sp³-hybridized carbons (Fsp3) is 0.900. The first-order valence-electron chi connectivity index (χ1n) is 4.88. The van der Waals surface area contributed by atoms with Gasteiger partial charge in [0.1, 0.15) is 5.78 Å². The Morgan fingerprint density at radius 1 is 1.62 bits per heavy atom. The third-order valence-corrected chi connectivity index (χ3v) is 2.26. The minimum atomic E-state index is 0.0981. The third kappa shape index (κ3) is 3.87. The molecule has 3 nitrogen and oxygen atoms in total. The number of carbonyl (C=O) groups excluding carboxylic acids is 1. The van der Waals surface area contributed by atoms with Crippen molar-refractivity contribution in [2.24, 2.45) is 0 Å². The van der Waals surface area contributed by atoms with Crippen LogP contribution in [0.3, 0.4) is 0 Å². The summed E-state index contributed by atoms with van der Waals surface area (Å²) in [5.41, 5.74) is 0. The molecule has 0 amide bonds. The van der Waals surface area contributed by atoms with Crippen LogP contribution in [0.15, 0.2) is 0 Å². The Bertz CT molecular complexity index is 168. The predicted octanol–water partition coefficient (Wildman–Crippen LogP) is 1.55. The second kappa shape index (κ2) is 5.35. The second-order valence-corrected chi connectivity index (χ2v) is 3.66. The molecule has 2 atom stereocenters. The van der Waals surface area contributed by atoms with Crippen LogP contribution in [0.2, 0.25) is 0 Å². The number of hydrogen-bond acceptors (Lipinski definition) is 3. The Morgan fingerprint density at radius 2 is 2.38 bits per heavy atom. The summed E-state index contributed by atoms with van der Waals surface area (Å²) in [5.74, 6) is 0.334. The first-order chi connectivity index (χ1) is 6.22. The Morgan fingerprint density at radius 3 is 3.00 bits per heavy atom. The molecule has 0 heterocycles. The van der Waals surface area contributed by atoms with Gasteiger partial charge < -0.3 is 9.47 Å². The molecule has 0 N–H and O–H groups in total. The summed E-state index contributed by atoms with van der Waals surface area (Å²) in [7, 11) is 1.66. The highest BCUT2D eigenvalue weighted by Gasteiger charge is 2.21. The fourth-order valence-corrected chi connectivity index (χ4v) is 1.70. The molecule has 2 unspecified atom stereocenters. The van der Waals surface area contributed by atoms with Gasteiger partial charge in [-0.1, -0.05) is 0 Å². The Labute approximate surface area is 79.4 Å². The van der Waals surface area contributed by atoms with Crippen molar-refractivity contribution >= 4 is 5.78 Å². The van der Waals surface area contributed by atoms with Crippen molar-refractivity contribution in [3.05, 3.63) is 0 Å². The second-order valence-electron chi connectivity index (χ2n) is 3.66. The van der Waals surface area contributed by atoms with E-state index < -0.39 is 0 Å². The van der Waals surface area contributed by atoms with E-state index in [0.717, 1.165) is 19.3 Å². The Balaban J connectivity index is 2.23. The number of Topliss-reactive ketones (excluding diaryl/α,β-unsaturated/α-hetero) is 1. The highest BCUT2D eigenvalue weighted by atomic mass is 16.5. The van der Waals surface area contributed by atoms with E-state index in [1.807, 2.05) is 6.92 Å². The molecule has 1 aliphatic rings. The average Bonchev–Trinajstić information content (AvgIpc) is 2.04. The van der Waals surface area contributed by atoms with E-state index in [0.29, 0.717) is 18.8 Å². The molecule has 0 aromatic rings. The molecule has 76 valence electrons. The van der Waals surface area contributed by atoms with Crippen LogP contribution >= 0.6 is 0 Å². The first-order valence-corrected chi connectivity index (χ1v) is 4.88. The maximum atomic E-state index is 11.1. The van der Waals surface area contributed by atoms with Gasteiger partial charge in [-0.05, 0) is 19.8 Å². The minimum Gasteiger partial charge on any atom is -0.382 e. The highest BCUT2D eigenvalue weighted by Crippen LogP contribution is 2.19. The van der Waals surface area contributed by atoms with Gasteiger partial charge in [0.25, 0.3) is 0 Å². The van der Waals surface area contributed by atoms with Crippen molar-refractivity contribution < 1.29 is 14.3 Å². The molecular formula is C10H18O3. The molecule has 1 aliphatic carbocycles. The Hall–Kier alpha value is -0.410. The minimum absolute atomic E-state index is 0.0981. The zero-order valence-corrected chi connectivity index (χ0v) is 8.41. The zero-order chi connectivity index (χ0) is 9.68. The van der Waals surface area contributed by atoms with E-state index in [4.69, 9.17) is 9.47 Å². The van der Waals surface area contributed by atoms with Gasteiger partial charge in [0.2, 0.25) is 0 Å². The lowest BCUT2D eigenvalue weighted by Crippen LogP contribution is -2.28. The van der Waals surface area contributed by atoms with Gasteiger partial charge in [-0.25, -0.2) is 0 Å². The Kier molecular flexibility index (Phi) is 4.39. The molecule has 1 fully saturated rings. The van der Waals surface area contributed by atoms with Crippen LogP contribution < -0.4 is 0 Å². The van der Waals surface area contributed by atoms with Crippen LogP contribution in [0.5, 0.6) is 0 Å². The van der Waals surface area contributed by atoms with Gasteiger partial charge in [-0.3, -0.25) is 4.79 Å². The zero-order valence-electron chi connectivity index (χ0n) is 8.41. The number of ether oxygens (including phenoxy) is 2. The standard InChI is InChI=1S/C10H18O3/c1-8(7-12-2)13-10-5-3-4-9(11)6-10/h8,10H,3-7H2,1-2H3. The summed E-state index contributed by atoms with van der Waals surface area (Å²) in [5, 5.41) is 0. The van der Waals surface area contributed by atoms with E-state index in [1.165, 1.54) is 0 Å². The number of hydrogen-bond donors (Lipinski definition) is 0. The predicted molar refractivity (Wildman–Crippen MR) is 49.7 cm³/mol.